The highest BCUT2D eigenvalue weighted by molar-refractivity contribution is 5.17. The van der Waals surface area contributed by atoms with Crippen LogP contribution in [0.15, 0.2) is 0 Å². The first-order valence-corrected chi connectivity index (χ1v) is 5.82. The van der Waals surface area contributed by atoms with Gasteiger partial charge in [0.05, 0.1) is 0 Å². The molecule has 1 rings (SSSR count). The van der Waals surface area contributed by atoms with Gasteiger partial charge in [-0.2, -0.15) is 0 Å². The Morgan fingerprint density at radius 3 is 1.86 bits per heavy atom. The molecule has 0 aliphatic heterocycles. The number of nitrogens with one attached hydrogen (secondary N) is 2. The number of hydrogen-bond acceptors (Lipinski definition) is 2. The Bertz CT molecular complexity index is 171. The van der Waals surface area contributed by atoms with Crippen LogP contribution < -0.4 is 10.6 Å². The molecule has 14 heavy (non-hydrogen) atoms. The van der Waals surface area contributed by atoms with Crippen molar-refractivity contribution in [2.24, 2.45) is 10.8 Å². The molecule has 84 valence electrons. The van der Waals surface area contributed by atoms with Gasteiger partial charge >= 0.3 is 0 Å². The van der Waals surface area contributed by atoms with E-state index >= 15 is 0 Å². The molecule has 2 N–H and O–H groups in total. The van der Waals surface area contributed by atoms with Gasteiger partial charge in [-0.15, -0.1) is 0 Å². The van der Waals surface area contributed by atoms with Crippen LogP contribution in [0.2, 0.25) is 0 Å². The Hall–Kier alpha value is -0.0800. The van der Waals surface area contributed by atoms with Crippen molar-refractivity contribution >= 4 is 0 Å². The Morgan fingerprint density at radius 1 is 0.929 bits per heavy atom. The minimum Gasteiger partial charge on any atom is -0.320 e. The third kappa shape index (κ3) is 2.12. The van der Waals surface area contributed by atoms with Gasteiger partial charge < -0.3 is 10.6 Å². The van der Waals surface area contributed by atoms with Crippen LogP contribution in [0.5, 0.6) is 0 Å². The van der Waals surface area contributed by atoms with Gasteiger partial charge in [0.1, 0.15) is 0 Å². The van der Waals surface area contributed by atoms with Crippen molar-refractivity contribution in [1.29, 1.82) is 0 Å². The van der Waals surface area contributed by atoms with Gasteiger partial charge in [0, 0.05) is 6.04 Å². The van der Waals surface area contributed by atoms with Crippen molar-refractivity contribution in [3.8, 4) is 0 Å². The maximum absolute atomic E-state index is 3.67. The Morgan fingerprint density at radius 2 is 1.43 bits per heavy atom. The van der Waals surface area contributed by atoms with Gasteiger partial charge in [-0.05, 0) is 43.8 Å². The second kappa shape index (κ2) is 4.19. The standard InChI is InChI=1S/C12H26N2/c1-11(2)10(12(11,3)4)14-9-7-6-8-13-5/h10,13-14H,6-9H2,1-5H3. The lowest BCUT2D eigenvalue weighted by Crippen LogP contribution is -2.24. The number of unbranched alkanes of at least 4 members (excludes halogenated alkanes) is 1. The van der Waals surface area contributed by atoms with Crippen molar-refractivity contribution in [3.63, 3.8) is 0 Å². The summed E-state index contributed by atoms with van der Waals surface area (Å²) in [6.07, 6.45) is 2.56. The molecule has 1 aliphatic carbocycles. The molecular formula is C12H26N2. The third-order valence-electron chi connectivity index (χ3n) is 4.22. The fourth-order valence-corrected chi connectivity index (χ4v) is 2.38. The first-order chi connectivity index (χ1) is 6.44. The molecule has 0 spiro atoms. The van der Waals surface area contributed by atoms with E-state index in [1.807, 2.05) is 7.05 Å². The quantitative estimate of drug-likeness (QED) is 0.638. The van der Waals surface area contributed by atoms with E-state index in [2.05, 4.69) is 38.3 Å². The maximum Gasteiger partial charge on any atom is 0.0181 e. The van der Waals surface area contributed by atoms with Gasteiger partial charge in [-0.25, -0.2) is 0 Å². The highest BCUT2D eigenvalue weighted by Crippen LogP contribution is 2.62. The molecule has 0 aromatic rings. The monoisotopic (exact) mass is 198 g/mol. The van der Waals surface area contributed by atoms with E-state index in [9.17, 15) is 0 Å². The SMILES string of the molecule is CNCCCCNC1C(C)(C)C1(C)C. The second-order valence-electron chi connectivity index (χ2n) is 5.64. The predicted octanol–water partition coefficient (Wildman–Crippen LogP) is 2.01. The van der Waals surface area contributed by atoms with Crippen molar-refractivity contribution in [1.82, 2.24) is 10.6 Å². The minimum atomic E-state index is 0.482. The van der Waals surface area contributed by atoms with E-state index in [1.165, 1.54) is 19.4 Å². The lowest BCUT2D eigenvalue weighted by Gasteiger charge is -2.05. The summed E-state index contributed by atoms with van der Waals surface area (Å²) < 4.78 is 0. The van der Waals surface area contributed by atoms with Crippen molar-refractivity contribution in [3.05, 3.63) is 0 Å². The average molecular weight is 198 g/mol. The first kappa shape index (κ1) is 12.0. The summed E-state index contributed by atoms with van der Waals surface area (Å²) in [5, 5.41) is 6.84. The Balaban J connectivity index is 2.10. The molecule has 2 nitrogen and oxygen atoms in total. The minimum absolute atomic E-state index is 0.482. The normalized spacial score (nSPS) is 23.8. The lowest BCUT2D eigenvalue weighted by molar-refractivity contribution is 0.457. The average Bonchev–Trinajstić information content (AvgIpc) is 2.46. The molecule has 1 fully saturated rings. The Kier molecular flexibility index (Phi) is 3.59. The molecule has 0 aromatic heterocycles. The third-order valence-corrected chi connectivity index (χ3v) is 4.22. The molecule has 2 heteroatoms. The summed E-state index contributed by atoms with van der Waals surface area (Å²) in [5.74, 6) is 0. The summed E-state index contributed by atoms with van der Waals surface area (Å²) in [6, 6.07) is 0.713. The second-order valence-corrected chi connectivity index (χ2v) is 5.64. The molecule has 1 aliphatic rings. The summed E-state index contributed by atoms with van der Waals surface area (Å²) >= 11 is 0. The predicted molar refractivity (Wildman–Crippen MR) is 62.5 cm³/mol. The fourth-order valence-electron chi connectivity index (χ4n) is 2.38. The van der Waals surface area contributed by atoms with Crippen molar-refractivity contribution in [2.75, 3.05) is 20.1 Å². The van der Waals surface area contributed by atoms with Gasteiger partial charge in [0.25, 0.3) is 0 Å². The highest BCUT2D eigenvalue weighted by atomic mass is 15.0. The molecule has 1 saturated carbocycles. The van der Waals surface area contributed by atoms with Crippen LogP contribution in [-0.2, 0) is 0 Å². The zero-order valence-electron chi connectivity index (χ0n) is 10.4. The van der Waals surface area contributed by atoms with E-state index in [1.54, 1.807) is 0 Å². The van der Waals surface area contributed by atoms with E-state index in [0.717, 1.165) is 6.54 Å². The fraction of sp³-hybridized carbons (Fsp3) is 1.00. The zero-order chi connectivity index (χ0) is 10.8. The Labute approximate surface area is 88.8 Å². The molecule has 0 saturated heterocycles. The molecule has 0 atom stereocenters. The van der Waals surface area contributed by atoms with Gasteiger partial charge in [-0.3, -0.25) is 0 Å². The summed E-state index contributed by atoms with van der Waals surface area (Å²) in [7, 11) is 2.01. The van der Waals surface area contributed by atoms with Crippen LogP contribution in [0.25, 0.3) is 0 Å². The summed E-state index contributed by atoms with van der Waals surface area (Å²) in [6.45, 7) is 11.7. The summed E-state index contributed by atoms with van der Waals surface area (Å²) in [4.78, 5) is 0. The van der Waals surface area contributed by atoms with Crippen LogP contribution in [0.3, 0.4) is 0 Å². The number of hydrogen-bond donors (Lipinski definition) is 2. The lowest BCUT2D eigenvalue weighted by atomic mass is 10.0. The first-order valence-electron chi connectivity index (χ1n) is 5.82. The molecular weight excluding hydrogens is 172 g/mol. The molecule has 0 radical (unpaired) electrons. The van der Waals surface area contributed by atoms with Crippen LogP contribution in [0.4, 0.5) is 0 Å². The molecule has 0 amide bonds. The topological polar surface area (TPSA) is 24.1 Å². The van der Waals surface area contributed by atoms with Crippen LogP contribution in [-0.4, -0.2) is 26.2 Å². The van der Waals surface area contributed by atoms with Crippen molar-refractivity contribution < 1.29 is 0 Å². The van der Waals surface area contributed by atoms with Gasteiger partial charge in [-0.1, -0.05) is 27.7 Å². The van der Waals surface area contributed by atoms with E-state index in [-0.39, 0.29) is 0 Å². The summed E-state index contributed by atoms with van der Waals surface area (Å²) in [5.41, 5.74) is 0.964. The molecule has 0 aromatic carbocycles. The van der Waals surface area contributed by atoms with Crippen LogP contribution in [0, 0.1) is 10.8 Å². The molecule has 0 unspecified atom stereocenters. The van der Waals surface area contributed by atoms with E-state index in [0.29, 0.717) is 16.9 Å². The van der Waals surface area contributed by atoms with Gasteiger partial charge in [0.15, 0.2) is 0 Å². The van der Waals surface area contributed by atoms with Crippen molar-refractivity contribution in [2.45, 2.75) is 46.6 Å². The van der Waals surface area contributed by atoms with E-state index < -0.39 is 0 Å². The zero-order valence-corrected chi connectivity index (χ0v) is 10.4. The maximum atomic E-state index is 3.67. The van der Waals surface area contributed by atoms with Crippen LogP contribution in [0.1, 0.15) is 40.5 Å². The van der Waals surface area contributed by atoms with Gasteiger partial charge in [0.2, 0.25) is 0 Å². The van der Waals surface area contributed by atoms with Crippen LogP contribution >= 0.6 is 0 Å². The van der Waals surface area contributed by atoms with E-state index in [4.69, 9.17) is 0 Å². The largest absolute Gasteiger partial charge is 0.320 e. The molecule has 0 heterocycles. The number of rotatable bonds is 6. The molecule has 0 bridgehead atoms. The smallest absolute Gasteiger partial charge is 0.0181 e. The highest BCUT2D eigenvalue weighted by Gasteiger charge is 2.64.